The van der Waals surface area contributed by atoms with Crippen molar-refractivity contribution in [3.05, 3.63) is 21.5 Å². The van der Waals surface area contributed by atoms with Crippen molar-refractivity contribution in [1.29, 1.82) is 0 Å². The minimum atomic E-state index is -0.425. The number of aryl methyl sites for hydroxylation is 2. The van der Waals surface area contributed by atoms with Gasteiger partial charge in [-0.15, -0.1) is 0 Å². The van der Waals surface area contributed by atoms with E-state index in [0.717, 1.165) is 13.1 Å². The zero-order valence-corrected chi connectivity index (χ0v) is 14.0. The molecule has 1 atom stereocenters. The normalized spacial score (nSPS) is 18.3. The Kier molecular flexibility index (Phi) is 5.70. The highest BCUT2D eigenvalue weighted by molar-refractivity contribution is 5.75. The average Bonchev–Trinajstić information content (AvgIpc) is 3.00. The van der Waals surface area contributed by atoms with Gasteiger partial charge in [0.15, 0.2) is 0 Å². The summed E-state index contributed by atoms with van der Waals surface area (Å²) < 4.78 is 1.54. The largest absolute Gasteiger partial charge is 0.355 e. The fourth-order valence-electron chi connectivity index (χ4n) is 3.13. The number of likely N-dealkylation sites (tertiary alicyclic amines) is 1. The minimum absolute atomic E-state index is 0.0356. The van der Waals surface area contributed by atoms with Crippen molar-refractivity contribution in [2.24, 2.45) is 0 Å². The van der Waals surface area contributed by atoms with Gasteiger partial charge < -0.3 is 5.32 Å². The molecule has 128 valence electrons. The lowest BCUT2D eigenvalue weighted by Crippen LogP contribution is -2.36. The lowest BCUT2D eigenvalue weighted by Gasteiger charge is -2.20. The molecular formula is C15H25N5O3. The van der Waals surface area contributed by atoms with Crippen LogP contribution in [0.4, 0.5) is 5.69 Å². The van der Waals surface area contributed by atoms with Gasteiger partial charge in [-0.3, -0.25) is 24.5 Å². The van der Waals surface area contributed by atoms with E-state index in [4.69, 9.17) is 0 Å². The topological polar surface area (TPSA) is 93.3 Å². The average molecular weight is 323 g/mol. The molecule has 0 aromatic carbocycles. The van der Waals surface area contributed by atoms with E-state index in [-0.39, 0.29) is 18.0 Å². The number of nitro groups is 1. The van der Waals surface area contributed by atoms with Gasteiger partial charge in [-0.1, -0.05) is 0 Å². The second-order valence-electron chi connectivity index (χ2n) is 6.13. The van der Waals surface area contributed by atoms with Crippen LogP contribution in [0.1, 0.15) is 37.6 Å². The van der Waals surface area contributed by atoms with Crippen molar-refractivity contribution in [1.82, 2.24) is 20.0 Å². The molecule has 23 heavy (non-hydrogen) atoms. The van der Waals surface area contributed by atoms with Crippen LogP contribution in [0.2, 0.25) is 0 Å². The summed E-state index contributed by atoms with van der Waals surface area (Å²) >= 11 is 0. The third-order valence-electron chi connectivity index (χ3n) is 4.49. The monoisotopic (exact) mass is 323 g/mol. The molecule has 1 aliphatic rings. The van der Waals surface area contributed by atoms with E-state index in [1.54, 1.807) is 13.8 Å². The van der Waals surface area contributed by atoms with E-state index in [2.05, 4.69) is 22.2 Å². The van der Waals surface area contributed by atoms with Crippen molar-refractivity contribution in [2.45, 2.75) is 52.6 Å². The van der Waals surface area contributed by atoms with Crippen LogP contribution in [0.3, 0.4) is 0 Å². The van der Waals surface area contributed by atoms with Gasteiger partial charge in [0.2, 0.25) is 5.91 Å². The first-order chi connectivity index (χ1) is 10.9. The fraction of sp³-hybridized carbons (Fsp3) is 0.733. The summed E-state index contributed by atoms with van der Waals surface area (Å²) in [5.41, 5.74) is 0.913. The van der Waals surface area contributed by atoms with Crippen molar-refractivity contribution in [2.75, 3.05) is 19.6 Å². The van der Waals surface area contributed by atoms with Gasteiger partial charge in [-0.25, -0.2) is 0 Å². The van der Waals surface area contributed by atoms with Crippen LogP contribution in [-0.2, 0) is 11.3 Å². The Morgan fingerprint density at radius 2 is 2.17 bits per heavy atom. The van der Waals surface area contributed by atoms with Crippen LogP contribution in [0.25, 0.3) is 0 Å². The van der Waals surface area contributed by atoms with Gasteiger partial charge in [0.25, 0.3) is 0 Å². The fourth-order valence-corrected chi connectivity index (χ4v) is 3.13. The number of hydrogen-bond acceptors (Lipinski definition) is 5. The van der Waals surface area contributed by atoms with E-state index in [9.17, 15) is 14.9 Å². The molecule has 0 unspecified atom stereocenters. The standard InChI is InChI=1S/C15H25N5O3/c1-11-5-4-8-18(11)10-7-16-14(21)6-9-19-13(3)15(20(22)23)12(2)17-19/h11H,4-10H2,1-3H3,(H,16,21)/t11-/m0/s1. The SMILES string of the molecule is Cc1nn(CCC(=O)NCCN2CCC[C@@H]2C)c(C)c1[N+](=O)[O-]. The molecule has 2 heterocycles. The lowest BCUT2D eigenvalue weighted by atomic mass is 10.2. The highest BCUT2D eigenvalue weighted by atomic mass is 16.6. The highest BCUT2D eigenvalue weighted by Gasteiger charge is 2.22. The predicted octanol–water partition coefficient (Wildman–Crippen LogP) is 1.40. The smallest absolute Gasteiger partial charge is 0.312 e. The summed E-state index contributed by atoms with van der Waals surface area (Å²) in [4.78, 5) is 24.8. The first kappa shape index (κ1) is 17.4. The number of carbonyl (C=O) groups excluding carboxylic acids is 1. The van der Waals surface area contributed by atoms with Crippen molar-refractivity contribution < 1.29 is 9.72 Å². The van der Waals surface area contributed by atoms with Crippen LogP contribution in [-0.4, -0.2) is 51.2 Å². The van der Waals surface area contributed by atoms with E-state index in [1.165, 1.54) is 17.5 Å². The summed E-state index contributed by atoms with van der Waals surface area (Å²) in [5, 5.41) is 18.0. The second-order valence-corrected chi connectivity index (χ2v) is 6.13. The van der Waals surface area contributed by atoms with Crippen LogP contribution in [0.15, 0.2) is 0 Å². The molecule has 1 aliphatic heterocycles. The van der Waals surface area contributed by atoms with E-state index >= 15 is 0 Å². The summed E-state index contributed by atoms with van der Waals surface area (Å²) in [6.45, 7) is 8.45. The molecule has 2 rings (SSSR count). The number of carbonyl (C=O) groups is 1. The van der Waals surface area contributed by atoms with Gasteiger partial charge in [0, 0.05) is 25.6 Å². The van der Waals surface area contributed by atoms with E-state index in [1.807, 2.05) is 0 Å². The Bertz CT molecular complexity index is 584. The Hall–Kier alpha value is -1.96. The molecule has 1 fully saturated rings. The molecule has 1 amide bonds. The summed E-state index contributed by atoms with van der Waals surface area (Å²) in [6.07, 6.45) is 2.73. The maximum Gasteiger partial charge on any atom is 0.312 e. The molecule has 1 saturated heterocycles. The Balaban J connectivity index is 1.76. The lowest BCUT2D eigenvalue weighted by molar-refractivity contribution is -0.386. The van der Waals surface area contributed by atoms with Crippen molar-refractivity contribution in [3.63, 3.8) is 0 Å². The van der Waals surface area contributed by atoms with Gasteiger partial charge >= 0.3 is 5.69 Å². The highest BCUT2D eigenvalue weighted by Crippen LogP contribution is 2.21. The molecule has 0 bridgehead atoms. The molecule has 0 spiro atoms. The molecule has 0 aliphatic carbocycles. The first-order valence-electron chi connectivity index (χ1n) is 8.09. The van der Waals surface area contributed by atoms with Gasteiger partial charge in [-0.05, 0) is 40.2 Å². The molecule has 0 saturated carbocycles. The molecule has 1 N–H and O–H groups in total. The quantitative estimate of drug-likeness (QED) is 0.605. The molecule has 1 aromatic rings. The second kappa shape index (κ2) is 7.54. The maximum absolute atomic E-state index is 11.9. The van der Waals surface area contributed by atoms with E-state index < -0.39 is 4.92 Å². The first-order valence-corrected chi connectivity index (χ1v) is 8.09. The van der Waals surface area contributed by atoms with Crippen molar-refractivity contribution in [3.8, 4) is 0 Å². The number of hydrogen-bond donors (Lipinski definition) is 1. The zero-order chi connectivity index (χ0) is 17.0. The van der Waals surface area contributed by atoms with Crippen molar-refractivity contribution >= 4 is 11.6 Å². The number of nitrogens with zero attached hydrogens (tertiary/aromatic N) is 4. The molecule has 0 radical (unpaired) electrons. The summed E-state index contributed by atoms with van der Waals surface area (Å²) in [7, 11) is 0. The molecule has 8 nitrogen and oxygen atoms in total. The van der Waals surface area contributed by atoms with E-state index in [0.29, 0.717) is 30.5 Å². The molecule has 1 aromatic heterocycles. The third-order valence-corrected chi connectivity index (χ3v) is 4.49. The van der Waals surface area contributed by atoms with Gasteiger partial charge in [0.1, 0.15) is 11.4 Å². The number of nitrogens with one attached hydrogen (secondary N) is 1. The Morgan fingerprint density at radius 3 is 2.74 bits per heavy atom. The van der Waals surface area contributed by atoms with Gasteiger partial charge in [-0.2, -0.15) is 5.10 Å². The third kappa shape index (κ3) is 4.28. The zero-order valence-electron chi connectivity index (χ0n) is 14.0. The van der Waals surface area contributed by atoms with Gasteiger partial charge in [0.05, 0.1) is 11.5 Å². The maximum atomic E-state index is 11.9. The minimum Gasteiger partial charge on any atom is -0.355 e. The summed E-state index contributed by atoms with van der Waals surface area (Å²) in [6, 6.07) is 0.599. The van der Waals surface area contributed by atoms with Crippen LogP contribution >= 0.6 is 0 Å². The number of amides is 1. The number of aromatic nitrogens is 2. The molecule has 8 heteroatoms. The molecular weight excluding hydrogens is 298 g/mol. The van der Waals surface area contributed by atoms with Crippen LogP contribution < -0.4 is 5.32 Å². The summed E-state index contributed by atoms with van der Waals surface area (Å²) in [5.74, 6) is -0.0490. The Labute approximate surface area is 136 Å². The predicted molar refractivity (Wildman–Crippen MR) is 86.3 cm³/mol. The number of rotatable bonds is 7. The van der Waals surface area contributed by atoms with Crippen LogP contribution in [0, 0.1) is 24.0 Å². The Morgan fingerprint density at radius 1 is 1.43 bits per heavy atom. The van der Waals surface area contributed by atoms with Crippen LogP contribution in [0.5, 0.6) is 0 Å².